The molecule has 41 heavy (non-hydrogen) atoms. The third-order valence-corrected chi connectivity index (χ3v) is 6.78. The van der Waals surface area contributed by atoms with E-state index < -0.39 is 23.8 Å². The Hall–Kier alpha value is -3.35. The second-order valence-electron chi connectivity index (χ2n) is 12.1. The van der Waals surface area contributed by atoms with Gasteiger partial charge in [0.25, 0.3) is 0 Å². The van der Waals surface area contributed by atoms with Gasteiger partial charge in [0, 0.05) is 19.0 Å². The maximum atomic E-state index is 14.5. The summed E-state index contributed by atoms with van der Waals surface area (Å²) in [6.07, 6.45) is 5.90. The first-order valence-corrected chi connectivity index (χ1v) is 15.1. The number of carbonyl (C=O) groups excluding carboxylic acids is 3. The molecule has 2 rings (SSSR count). The summed E-state index contributed by atoms with van der Waals surface area (Å²) in [5, 5.41) is 5.88. The zero-order valence-electron chi connectivity index (χ0n) is 26.2. The van der Waals surface area contributed by atoms with Crippen LogP contribution < -0.4 is 10.6 Å². The molecule has 7 heteroatoms. The van der Waals surface area contributed by atoms with Crippen molar-refractivity contribution in [3.63, 3.8) is 0 Å². The van der Waals surface area contributed by atoms with Gasteiger partial charge in [-0.3, -0.25) is 9.59 Å². The van der Waals surface area contributed by atoms with Gasteiger partial charge in [-0.1, -0.05) is 93.6 Å². The van der Waals surface area contributed by atoms with Gasteiger partial charge in [0.15, 0.2) is 0 Å². The Kier molecular flexibility index (Phi) is 13.9. The molecule has 0 fully saturated rings. The van der Waals surface area contributed by atoms with Gasteiger partial charge in [0.05, 0.1) is 0 Å². The van der Waals surface area contributed by atoms with Gasteiger partial charge in [-0.2, -0.15) is 0 Å². The van der Waals surface area contributed by atoms with Gasteiger partial charge >= 0.3 is 6.09 Å². The molecule has 0 aromatic heterocycles. The number of carbonyl (C=O) groups is 3. The van der Waals surface area contributed by atoms with Crippen molar-refractivity contribution in [1.29, 1.82) is 0 Å². The lowest BCUT2D eigenvalue weighted by atomic mass is 9.96. The Morgan fingerprint density at radius 1 is 0.854 bits per heavy atom. The fraction of sp³-hybridized carbons (Fsp3) is 0.559. The fourth-order valence-corrected chi connectivity index (χ4v) is 4.84. The SMILES string of the molecule is CCCCCCCCN(C(=O)C(Cc1ccccc1)NC(=O)OC(C)(C)C)C(C(=O)NC(C)C)c1ccccc1C. The van der Waals surface area contributed by atoms with Crippen LogP contribution in [0.5, 0.6) is 0 Å². The van der Waals surface area contributed by atoms with Crippen LogP contribution in [0.3, 0.4) is 0 Å². The van der Waals surface area contributed by atoms with Crippen LogP contribution in [0.25, 0.3) is 0 Å². The first-order valence-electron chi connectivity index (χ1n) is 15.1. The molecule has 226 valence electrons. The molecule has 0 spiro atoms. The molecule has 0 heterocycles. The van der Waals surface area contributed by atoms with Crippen LogP contribution in [0.2, 0.25) is 0 Å². The van der Waals surface area contributed by atoms with E-state index in [0.717, 1.165) is 48.8 Å². The van der Waals surface area contributed by atoms with E-state index in [1.807, 2.05) is 75.4 Å². The number of aryl methyl sites for hydroxylation is 1. The topological polar surface area (TPSA) is 87.7 Å². The number of amides is 3. The molecule has 2 aromatic carbocycles. The van der Waals surface area contributed by atoms with Crippen molar-refractivity contribution in [2.75, 3.05) is 6.54 Å². The first kappa shape index (κ1) is 33.9. The average Bonchev–Trinajstić information content (AvgIpc) is 2.89. The van der Waals surface area contributed by atoms with Crippen LogP contribution in [0.4, 0.5) is 4.79 Å². The number of hydrogen-bond acceptors (Lipinski definition) is 4. The van der Waals surface area contributed by atoms with Gasteiger partial charge in [-0.05, 0) is 64.7 Å². The number of hydrogen-bond donors (Lipinski definition) is 2. The van der Waals surface area contributed by atoms with Gasteiger partial charge in [-0.25, -0.2) is 4.79 Å². The Morgan fingerprint density at radius 3 is 2.07 bits per heavy atom. The van der Waals surface area contributed by atoms with Crippen LogP contribution >= 0.6 is 0 Å². The molecule has 0 saturated carbocycles. The van der Waals surface area contributed by atoms with Crippen LogP contribution in [-0.2, 0) is 20.7 Å². The smallest absolute Gasteiger partial charge is 0.408 e. The maximum Gasteiger partial charge on any atom is 0.408 e. The Labute approximate surface area is 247 Å². The summed E-state index contributed by atoms with van der Waals surface area (Å²) in [5.74, 6) is -0.537. The fourth-order valence-electron chi connectivity index (χ4n) is 4.84. The number of benzene rings is 2. The van der Waals surface area contributed by atoms with Crippen molar-refractivity contribution < 1.29 is 19.1 Å². The lowest BCUT2D eigenvalue weighted by Gasteiger charge is -2.35. The summed E-state index contributed by atoms with van der Waals surface area (Å²) in [6, 6.07) is 15.4. The van der Waals surface area contributed by atoms with Gasteiger partial charge in [0.1, 0.15) is 17.7 Å². The van der Waals surface area contributed by atoms with Crippen LogP contribution in [0.1, 0.15) is 103 Å². The molecule has 0 bridgehead atoms. The quantitative estimate of drug-likeness (QED) is 0.230. The number of unbranched alkanes of at least 4 members (excludes halogenated alkanes) is 5. The van der Waals surface area contributed by atoms with Crippen molar-refractivity contribution in [3.05, 3.63) is 71.3 Å². The molecule has 0 aliphatic carbocycles. The molecule has 2 N–H and O–H groups in total. The second kappa shape index (κ2) is 16.8. The van der Waals surface area contributed by atoms with Crippen LogP contribution in [0, 0.1) is 6.92 Å². The third-order valence-electron chi connectivity index (χ3n) is 6.78. The van der Waals surface area contributed by atoms with E-state index in [1.165, 1.54) is 6.42 Å². The maximum absolute atomic E-state index is 14.5. The number of ether oxygens (including phenoxy) is 1. The standard InChI is InChI=1S/C34H51N3O4/c1-8-9-10-11-12-18-23-37(30(31(38)35-25(2)3)28-22-17-16-19-26(28)4)32(39)29(24-27-20-14-13-15-21-27)36-33(40)41-34(5,6)7/h13-17,19-22,25,29-30H,8-12,18,23-24H2,1-7H3,(H,35,38)(H,36,40). The second-order valence-corrected chi connectivity index (χ2v) is 12.1. The number of nitrogens with one attached hydrogen (secondary N) is 2. The summed E-state index contributed by atoms with van der Waals surface area (Å²) >= 11 is 0. The number of alkyl carbamates (subject to hydrolysis) is 1. The highest BCUT2D eigenvalue weighted by Gasteiger charge is 2.37. The van der Waals surface area contributed by atoms with Gasteiger partial charge < -0.3 is 20.3 Å². The molecule has 3 amide bonds. The normalized spacial score (nSPS) is 12.9. The highest BCUT2D eigenvalue weighted by Crippen LogP contribution is 2.27. The first-order chi connectivity index (χ1) is 19.4. The van der Waals surface area contributed by atoms with Crippen molar-refractivity contribution in [3.8, 4) is 0 Å². The molecule has 0 aliphatic rings. The lowest BCUT2D eigenvalue weighted by molar-refractivity contribution is -0.142. The Bertz CT molecular complexity index is 1090. The van der Waals surface area contributed by atoms with E-state index in [9.17, 15) is 14.4 Å². The third kappa shape index (κ3) is 12.0. The highest BCUT2D eigenvalue weighted by molar-refractivity contribution is 5.92. The highest BCUT2D eigenvalue weighted by atomic mass is 16.6. The van der Waals surface area contributed by atoms with E-state index >= 15 is 0 Å². The van der Waals surface area contributed by atoms with Gasteiger partial charge in [0.2, 0.25) is 11.8 Å². The van der Waals surface area contributed by atoms with Crippen molar-refractivity contribution in [1.82, 2.24) is 15.5 Å². The molecule has 0 saturated heterocycles. The molecule has 2 unspecified atom stereocenters. The van der Waals surface area contributed by atoms with Gasteiger partial charge in [-0.15, -0.1) is 0 Å². The van der Waals surface area contributed by atoms with E-state index in [2.05, 4.69) is 17.6 Å². The molecule has 0 radical (unpaired) electrons. The molecular formula is C34H51N3O4. The summed E-state index contributed by atoms with van der Waals surface area (Å²) < 4.78 is 5.54. The zero-order chi connectivity index (χ0) is 30.4. The zero-order valence-corrected chi connectivity index (χ0v) is 26.2. The van der Waals surface area contributed by atoms with Crippen LogP contribution in [0.15, 0.2) is 54.6 Å². The molecule has 7 nitrogen and oxygen atoms in total. The number of nitrogens with zero attached hydrogens (tertiary/aromatic N) is 1. The van der Waals surface area contributed by atoms with Crippen molar-refractivity contribution >= 4 is 17.9 Å². The monoisotopic (exact) mass is 565 g/mol. The minimum absolute atomic E-state index is 0.0972. The molecule has 0 aliphatic heterocycles. The van der Waals surface area contributed by atoms with E-state index in [1.54, 1.807) is 25.7 Å². The molecular weight excluding hydrogens is 514 g/mol. The molecule has 2 atom stereocenters. The minimum Gasteiger partial charge on any atom is -0.444 e. The Balaban J connectivity index is 2.51. The number of rotatable bonds is 15. The predicted molar refractivity (Wildman–Crippen MR) is 166 cm³/mol. The predicted octanol–water partition coefficient (Wildman–Crippen LogP) is 6.89. The average molecular weight is 566 g/mol. The summed E-state index contributed by atoms with van der Waals surface area (Å²) in [7, 11) is 0. The lowest BCUT2D eigenvalue weighted by Crippen LogP contribution is -2.54. The summed E-state index contributed by atoms with van der Waals surface area (Å²) in [6.45, 7) is 13.7. The molecule has 2 aromatic rings. The van der Waals surface area contributed by atoms with Crippen LogP contribution in [-0.4, -0.2) is 47.0 Å². The van der Waals surface area contributed by atoms with E-state index in [0.29, 0.717) is 6.54 Å². The minimum atomic E-state index is -0.911. The summed E-state index contributed by atoms with van der Waals surface area (Å²) in [4.78, 5) is 42.9. The van der Waals surface area contributed by atoms with Crippen molar-refractivity contribution in [2.45, 2.75) is 117 Å². The van der Waals surface area contributed by atoms with Crippen molar-refractivity contribution in [2.24, 2.45) is 0 Å². The Morgan fingerprint density at radius 2 is 1.46 bits per heavy atom. The van der Waals surface area contributed by atoms with E-state index in [-0.39, 0.29) is 24.3 Å². The summed E-state index contributed by atoms with van der Waals surface area (Å²) in [5.41, 5.74) is 1.89. The largest absolute Gasteiger partial charge is 0.444 e. The van der Waals surface area contributed by atoms with E-state index in [4.69, 9.17) is 4.74 Å².